The van der Waals surface area contributed by atoms with E-state index in [2.05, 4.69) is 33.0 Å². The van der Waals surface area contributed by atoms with E-state index in [1.54, 1.807) is 6.92 Å². The molecular formula is C18H24N3O+. The summed E-state index contributed by atoms with van der Waals surface area (Å²) >= 11 is 0. The summed E-state index contributed by atoms with van der Waals surface area (Å²) in [5.41, 5.74) is 3.84. The smallest absolute Gasteiger partial charge is 0.135 e. The number of aliphatic hydroxyl groups excluding tert-OH is 1. The number of allylic oxidation sites excluding steroid dienone is 1. The van der Waals surface area contributed by atoms with Crippen molar-refractivity contribution in [1.82, 2.24) is 0 Å². The lowest BCUT2D eigenvalue weighted by molar-refractivity contribution is -0.907. The Kier molecular flexibility index (Phi) is 4.80. The Morgan fingerprint density at radius 3 is 2.32 bits per heavy atom. The van der Waals surface area contributed by atoms with Gasteiger partial charge in [-0.05, 0) is 39.3 Å². The molecule has 0 spiro atoms. The van der Waals surface area contributed by atoms with Crippen LogP contribution < -0.4 is 0 Å². The summed E-state index contributed by atoms with van der Waals surface area (Å²) in [5.74, 6) is 0. The minimum atomic E-state index is -0.416. The first-order valence-corrected chi connectivity index (χ1v) is 7.80. The molecule has 0 aliphatic carbocycles. The van der Waals surface area contributed by atoms with Crippen molar-refractivity contribution in [2.75, 3.05) is 6.54 Å². The molecule has 0 fully saturated rings. The third kappa shape index (κ3) is 3.11. The first kappa shape index (κ1) is 16.4. The summed E-state index contributed by atoms with van der Waals surface area (Å²) < 4.78 is 0.427. The molecular weight excluding hydrogens is 274 g/mol. The monoisotopic (exact) mass is 298 g/mol. The quantitative estimate of drug-likeness (QED) is 0.849. The van der Waals surface area contributed by atoms with Crippen molar-refractivity contribution in [2.45, 2.75) is 46.3 Å². The molecule has 22 heavy (non-hydrogen) atoms. The molecule has 1 aliphatic heterocycles. The Morgan fingerprint density at radius 1 is 1.23 bits per heavy atom. The molecule has 1 aliphatic rings. The maximum Gasteiger partial charge on any atom is 0.135 e. The second kappa shape index (κ2) is 6.43. The van der Waals surface area contributed by atoms with Crippen molar-refractivity contribution >= 4 is 5.71 Å². The minimum Gasteiger partial charge on any atom is -0.387 e. The van der Waals surface area contributed by atoms with E-state index in [0.29, 0.717) is 16.7 Å². The summed E-state index contributed by atoms with van der Waals surface area (Å²) in [6.07, 6.45) is 2.65. The van der Waals surface area contributed by atoms with Crippen LogP contribution >= 0.6 is 0 Å². The number of nitrogens with zero attached hydrogens (tertiary/aromatic N) is 3. The Morgan fingerprint density at radius 2 is 1.86 bits per heavy atom. The molecule has 1 aromatic rings. The number of hydrogen-bond acceptors (Lipinski definition) is 3. The molecule has 4 heteroatoms. The highest BCUT2D eigenvalue weighted by Gasteiger charge is 2.38. The molecule has 0 amide bonds. The molecule has 0 saturated carbocycles. The lowest BCUT2D eigenvalue weighted by atomic mass is 10.0. The molecule has 2 atom stereocenters. The van der Waals surface area contributed by atoms with Gasteiger partial charge in [-0.1, -0.05) is 24.2 Å². The molecule has 2 rings (SSSR count). The fourth-order valence-corrected chi connectivity index (χ4v) is 2.81. The standard InChI is InChI=1S/C18H24N3O/c1-5-16-12-21(13(2)3,11-14(4)22)20-18(16)17-8-6-15(10-19)7-9-17/h6-9,12-14,22H,5,11H2,1-4H3/q+1/t14-,21?/m1/s1. The zero-order chi connectivity index (χ0) is 16.3. The van der Waals surface area contributed by atoms with E-state index in [4.69, 9.17) is 10.4 Å². The van der Waals surface area contributed by atoms with Gasteiger partial charge in [0, 0.05) is 11.1 Å². The molecule has 1 unspecified atom stereocenters. The van der Waals surface area contributed by atoms with Crippen LogP contribution in [0.2, 0.25) is 0 Å². The molecule has 0 bridgehead atoms. The van der Waals surface area contributed by atoms with Gasteiger partial charge in [-0.3, -0.25) is 0 Å². The lowest BCUT2D eigenvalue weighted by Gasteiger charge is -2.31. The Bertz CT molecular complexity index is 635. The number of aliphatic hydroxyl groups is 1. The van der Waals surface area contributed by atoms with Gasteiger partial charge in [-0.25, -0.2) is 0 Å². The van der Waals surface area contributed by atoms with Crippen LogP contribution in [-0.2, 0) is 0 Å². The molecule has 0 radical (unpaired) electrons. The van der Waals surface area contributed by atoms with Crippen LogP contribution in [0.15, 0.2) is 41.1 Å². The third-order valence-corrected chi connectivity index (χ3v) is 4.09. The van der Waals surface area contributed by atoms with Crippen LogP contribution in [-0.4, -0.2) is 34.1 Å². The van der Waals surface area contributed by atoms with E-state index in [1.807, 2.05) is 24.3 Å². The summed E-state index contributed by atoms with van der Waals surface area (Å²) in [7, 11) is 0. The van der Waals surface area contributed by atoms with E-state index in [9.17, 15) is 5.11 Å². The number of nitriles is 1. The van der Waals surface area contributed by atoms with Crippen LogP contribution in [0.25, 0.3) is 0 Å². The fourth-order valence-electron chi connectivity index (χ4n) is 2.81. The van der Waals surface area contributed by atoms with E-state index < -0.39 is 6.10 Å². The average Bonchev–Trinajstić information content (AvgIpc) is 2.86. The molecule has 1 heterocycles. The maximum absolute atomic E-state index is 9.86. The van der Waals surface area contributed by atoms with Gasteiger partial charge in [-0.15, -0.1) is 0 Å². The molecule has 116 valence electrons. The van der Waals surface area contributed by atoms with Crippen molar-refractivity contribution in [2.24, 2.45) is 5.10 Å². The van der Waals surface area contributed by atoms with Gasteiger partial charge < -0.3 is 5.11 Å². The highest BCUT2D eigenvalue weighted by molar-refractivity contribution is 6.12. The molecule has 0 aromatic heterocycles. The van der Waals surface area contributed by atoms with Crippen LogP contribution in [0, 0.1) is 11.3 Å². The summed E-state index contributed by atoms with van der Waals surface area (Å²) in [6.45, 7) is 8.74. The molecule has 1 N–H and O–H groups in total. The molecule has 0 saturated heterocycles. The first-order chi connectivity index (χ1) is 10.4. The second-order valence-corrected chi connectivity index (χ2v) is 6.16. The van der Waals surface area contributed by atoms with Crippen LogP contribution in [0.5, 0.6) is 0 Å². The van der Waals surface area contributed by atoms with Crippen molar-refractivity contribution in [3.63, 3.8) is 0 Å². The Hall–Kier alpha value is -1.96. The lowest BCUT2D eigenvalue weighted by Crippen LogP contribution is -2.46. The van der Waals surface area contributed by atoms with Crippen molar-refractivity contribution in [3.8, 4) is 6.07 Å². The predicted octanol–water partition coefficient (Wildman–Crippen LogP) is 3.18. The van der Waals surface area contributed by atoms with Crippen molar-refractivity contribution in [1.29, 1.82) is 5.26 Å². The Balaban J connectivity index is 2.47. The summed E-state index contributed by atoms with van der Waals surface area (Å²) in [4.78, 5) is 0. The summed E-state index contributed by atoms with van der Waals surface area (Å²) in [6, 6.07) is 9.93. The minimum absolute atomic E-state index is 0.257. The summed E-state index contributed by atoms with van der Waals surface area (Å²) in [5, 5.41) is 23.7. The average molecular weight is 298 g/mol. The van der Waals surface area contributed by atoms with Gasteiger partial charge in [0.2, 0.25) is 0 Å². The third-order valence-electron chi connectivity index (χ3n) is 4.09. The van der Waals surface area contributed by atoms with Gasteiger partial charge in [0.1, 0.15) is 30.6 Å². The van der Waals surface area contributed by atoms with E-state index in [1.165, 1.54) is 5.57 Å². The Labute approximate surface area is 132 Å². The number of quaternary nitrogens is 1. The number of benzene rings is 1. The van der Waals surface area contributed by atoms with Crippen LogP contribution in [0.3, 0.4) is 0 Å². The maximum atomic E-state index is 9.86. The predicted molar refractivity (Wildman–Crippen MR) is 88.0 cm³/mol. The number of rotatable bonds is 5. The zero-order valence-electron chi connectivity index (χ0n) is 13.7. The van der Waals surface area contributed by atoms with Crippen molar-refractivity contribution in [3.05, 3.63) is 47.2 Å². The molecule has 1 aromatic carbocycles. The van der Waals surface area contributed by atoms with Gasteiger partial charge in [-0.2, -0.15) is 9.85 Å². The molecule has 4 nitrogen and oxygen atoms in total. The SMILES string of the molecule is CCC1=C[N+](C[C@@H](C)O)(C(C)C)N=C1c1ccc(C#N)cc1. The highest BCUT2D eigenvalue weighted by atomic mass is 16.3. The second-order valence-electron chi connectivity index (χ2n) is 6.16. The van der Waals surface area contributed by atoms with Crippen molar-refractivity contribution < 1.29 is 9.70 Å². The fraction of sp³-hybridized carbons (Fsp3) is 0.444. The van der Waals surface area contributed by atoms with Gasteiger partial charge in [0.05, 0.1) is 11.6 Å². The largest absolute Gasteiger partial charge is 0.387 e. The van der Waals surface area contributed by atoms with E-state index >= 15 is 0 Å². The zero-order valence-corrected chi connectivity index (χ0v) is 13.7. The normalized spacial score (nSPS) is 22.2. The van der Waals surface area contributed by atoms with Gasteiger partial charge in [0.15, 0.2) is 0 Å². The van der Waals surface area contributed by atoms with E-state index in [0.717, 1.165) is 17.7 Å². The highest BCUT2D eigenvalue weighted by Crippen LogP contribution is 2.30. The van der Waals surface area contributed by atoms with Gasteiger partial charge in [0.25, 0.3) is 0 Å². The van der Waals surface area contributed by atoms with Crippen LogP contribution in [0.4, 0.5) is 0 Å². The number of hydrogen-bond donors (Lipinski definition) is 1. The van der Waals surface area contributed by atoms with E-state index in [-0.39, 0.29) is 6.04 Å². The first-order valence-electron chi connectivity index (χ1n) is 7.80. The van der Waals surface area contributed by atoms with Gasteiger partial charge >= 0.3 is 0 Å². The van der Waals surface area contributed by atoms with Crippen LogP contribution in [0.1, 0.15) is 45.2 Å². The topological polar surface area (TPSA) is 56.4 Å².